The minimum absolute atomic E-state index is 0.00732. The Balaban J connectivity index is 1.90. The number of carbonyl (C=O) groups is 1. The van der Waals surface area contributed by atoms with Crippen LogP contribution in [0, 0.1) is 0 Å². The summed E-state index contributed by atoms with van der Waals surface area (Å²) in [5.74, 6) is -0.00732. The van der Waals surface area contributed by atoms with E-state index in [1.807, 2.05) is 11.8 Å². The van der Waals surface area contributed by atoms with Crippen LogP contribution in [0.1, 0.15) is 41.6 Å². The molecule has 1 amide bonds. The summed E-state index contributed by atoms with van der Waals surface area (Å²) in [6.07, 6.45) is 6.68. The van der Waals surface area contributed by atoms with Crippen LogP contribution in [0.15, 0.2) is 24.3 Å². The van der Waals surface area contributed by atoms with Gasteiger partial charge in [0.1, 0.15) is 4.99 Å². The highest BCUT2D eigenvalue weighted by Crippen LogP contribution is 2.26. The van der Waals surface area contributed by atoms with E-state index in [9.17, 15) is 4.79 Å². The van der Waals surface area contributed by atoms with Gasteiger partial charge >= 0.3 is 0 Å². The normalized spacial score (nSPS) is 22.2. The van der Waals surface area contributed by atoms with Crippen molar-refractivity contribution >= 4 is 34.9 Å². The lowest BCUT2D eigenvalue weighted by Gasteiger charge is -2.28. The van der Waals surface area contributed by atoms with Gasteiger partial charge in [0, 0.05) is 22.4 Å². The molecule has 0 spiro atoms. The molecule has 0 radical (unpaired) electrons. The van der Waals surface area contributed by atoms with Crippen molar-refractivity contribution in [1.82, 2.24) is 5.32 Å². The summed E-state index contributed by atoms with van der Waals surface area (Å²) in [5, 5.41) is 3.87. The standard InChI is InChI=1S/C15H20N2OS2/c1-20-13-8-6-12(7-9-13)17-15(18)11-4-2-10(3-5-11)14(16)19/h2-5,12-13H,6-9H2,1H3,(H2,16,19)(H,17,18). The van der Waals surface area contributed by atoms with Gasteiger partial charge in [-0.15, -0.1) is 0 Å². The molecule has 0 saturated heterocycles. The van der Waals surface area contributed by atoms with Gasteiger partial charge < -0.3 is 11.1 Å². The number of hydrogen-bond donors (Lipinski definition) is 2. The minimum atomic E-state index is -0.00732. The SMILES string of the molecule is CSC1CCC(NC(=O)c2ccc(C(N)=S)cc2)CC1. The van der Waals surface area contributed by atoms with Gasteiger partial charge in [0.15, 0.2) is 0 Å². The molecule has 1 fully saturated rings. The summed E-state index contributed by atoms with van der Waals surface area (Å²) in [6.45, 7) is 0. The third-order valence-corrected chi connectivity index (χ3v) is 5.15. The number of benzene rings is 1. The molecule has 1 aromatic carbocycles. The number of thioether (sulfide) groups is 1. The molecule has 0 aliphatic heterocycles. The number of amides is 1. The number of nitrogens with two attached hydrogens (primary N) is 1. The maximum absolute atomic E-state index is 12.2. The number of rotatable bonds is 4. The average Bonchev–Trinajstić information content (AvgIpc) is 2.48. The molecule has 3 N–H and O–H groups in total. The fourth-order valence-corrected chi connectivity index (χ4v) is 3.38. The van der Waals surface area contributed by atoms with E-state index in [0.717, 1.165) is 23.7 Å². The van der Waals surface area contributed by atoms with E-state index in [2.05, 4.69) is 11.6 Å². The fraction of sp³-hybridized carbons (Fsp3) is 0.467. The Morgan fingerprint density at radius 3 is 2.25 bits per heavy atom. The van der Waals surface area contributed by atoms with E-state index in [4.69, 9.17) is 18.0 Å². The van der Waals surface area contributed by atoms with Crippen LogP contribution >= 0.6 is 24.0 Å². The van der Waals surface area contributed by atoms with Crippen molar-refractivity contribution < 1.29 is 4.79 Å². The van der Waals surface area contributed by atoms with Gasteiger partial charge in [-0.1, -0.05) is 24.4 Å². The van der Waals surface area contributed by atoms with Gasteiger partial charge in [0.2, 0.25) is 0 Å². The van der Waals surface area contributed by atoms with E-state index in [1.54, 1.807) is 24.3 Å². The largest absolute Gasteiger partial charge is 0.389 e. The van der Waals surface area contributed by atoms with Gasteiger partial charge in [-0.25, -0.2) is 0 Å². The molecule has 0 heterocycles. The summed E-state index contributed by atoms with van der Waals surface area (Å²) in [7, 11) is 0. The summed E-state index contributed by atoms with van der Waals surface area (Å²) in [6, 6.07) is 7.44. The second-order valence-corrected chi connectivity index (χ2v) is 6.70. The van der Waals surface area contributed by atoms with Crippen LogP contribution in [-0.2, 0) is 0 Å². The first-order valence-corrected chi connectivity index (χ1v) is 8.53. The van der Waals surface area contributed by atoms with Crippen molar-refractivity contribution in [3.05, 3.63) is 35.4 Å². The Kier molecular flexibility index (Phi) is 5.43. The first-order chi connectivity index (χ1) is 9.60. The van der Waals surface area contributed by atoms with Gasteiger partial charge in [-0.3, -0.25) is 4.79 Å². The zero-order valence-corrected chi connectivity index (χ0v) is 13.2. The number of hydrogen-bond acceptors (Lipinski definition) is 3. The van der Waals surface area contributed by atoms with Crippen molar-refractivity contribution in [3.8, 4) is 0 Å². The topological polar surface area (TPSA) is 55.1 Å². The maximum atomic E-state index is 12.2. The maximum Gasteiger partial charge on any atom is 0.251 e. The van der Waals surface area contributed by atoms with Crippen molar-refractivity contribution in [2.75, 3.05) is 6.26 Å². The molecule has 2 rings (SSSR count). The molecule has 0 bridgehead atoms. The predicted octanol–water partition coefficient (Wildman–Crippen LogP) is 2.72. The zero-order valence-electron chi connectivity index (χ0n) is 11.6. The summed E-state index contributed by atoms with van der Waals surface area (Å²) in [4.78, 5) is 12.5. The Bertz CT molecular complexity index is 479. The molecule has 1 aliphatic rings. The lowest BCUT2D eigenvalue weighted by molar-refractivity contribution is 0.0928. The van der Waals surface area contributed by atoms with Crippen molar-refractivity contribution in [3.63, 3.8) is 0 Å². The van der Waals surface area contributed by atoms with Crippen molar-refractivity contribution in [2.45, 2.75) is 37.0 Å². The summed E-state index contributed by atoms with van der Waals surface area (Å²) in [5.41, 5.74) is 7.00. The Morgan fingerprint density at radius 1 is 1.20 bits per heavy atom. The van der Waals surface area contributed by atoms with Gasteiger partial charge in [-0.05, 0) is 44.1 Å². The van der Waals surface area contributed by atoms with E-state index in [1.165, 1.54) is 12.8 Å². The first kappa shape index (κ1) is 15.3. The molecular weight excluding hydrogens is 288 g/mol. The van der Waals surface area contributed by atoms with Crippen LogP contribution in [0.25, 0.3) is 0 Å². The molecule has 20 heavy (non-hydrogen) atoms. The highest BCUT2D eigenvalue weighted by atomic mass is 32.2. The molecule has 0 unspecified atom stereocenters. The third kappa shape index (κ3) is 3.96. The van der Waals surface area contributed by atoms with Crippen LogP contribution in [-0.4, -0.2) is 28.4 Å². The molecule has 1 saturated carbocycles. The zero-order chi connectivity index (χ0) is 14.5. The average molecular weight is 308 g/mol. The molecule has 5 heteroatoms. The first-order valence-electron chi connectivity index (χ1n) is 6.83. The molecule has 0 aromatic heterocycles. The van der Waals surface area contributed by atoms with Crippen molar-refractivity contribution in [2.24, 2.45) is 5.73 Å². The van der Waals surface area contributed by atoms with E-state index in [0.29, 0.717) is 16.6 Å². The van der Waals surface area contributed by atoms with Crippen LogP contribution in [0.5, 0.6) is 0 Å². The predicted molar refractivity (Wildman–Crippen MR) is 89.4 cm³/mol. The molecule has 108 valence electrons. The van der Waals surface area contributed by atoms with Gasteiger partial charge in [0.05, 0.1) is 0 Å². The number of nitrogens with one attached hydrogen (secondary N) is 1. The number of thiocarbonyl (C=S) groups is 1. The van der Waals surface area contributed by atoms with Gasteiger partial charge in [0.25, 0.3) is 5.91 Å². The smallest absolute Gasteiger partial charge is 0.251 e. The highest BCUT2D eigenvalue weighted by molar-refractivity contribution is 7.99. The summed E-state index contributed by atoms with van der Waals surface area (Å²) >= 11 is 6.83. The lowest BCUT2D eigenvalue weighted by atomic mass is 9.94. The fourth-order valence-electron chi connectivity index (χ4n) is 2.50. The van der Waals surface area contributed by atoms with E-state index >= 15 is 0 Å². The highest BCUT2D eigenvalue weighted by Gasteiger charge is 2.22. The lowest BCUT2D eigenvalue weighted by Crippen LogP contribution is -2.38. The monoisotopic (exact) mass is 308 g/mol. The second kappa shape index (κ2) is 7.09. The summed E-state index contributed by atoms with van der Waals surface area (Å²) < 4.78 is 0. The van der Waals surface area contributed by atoms with E-state index in [-0.39, 0.29) is 5.91 Å². The van der Waals surface area contributed by atoms with Crippen LogP contribution in [0.2, 0.25) is 0 Å². The molecular formula is C15H20N2OS2. The van der Waals surface area contributed by atoms with E-state index < -0.39 is 0 Å². The quantitative estimate of drug-likeness (QED) is 0.840. The second-order valence-electron chi connectivity index (χ2n) is 5.12. The molecule has 1 aromatic rings. The van der Waals surface area contributed by atoms with Gasteiger partial charge in [-0.2, -0.15) is 11.8 Å². The van der Waals surface area contributed by atoms with Crippen LogP contribution in [0.4, 0.5) is 0 Å². The molecule has 3 nitrogen and oxygen atoms in total. The Labute approximate surface area is 129 Å². The Hall–Kier alpha value is -1.07. The Morgan fingerprint density at radius 2 is 1.75 bits per heavy atom. The molecule has 0 atom stereocenters. The van der Waals surface area contributed by atoms with Crippen LogP contribution in [0.3, 0.4) is 0 Å². The number of carbonyl (C=O) groups excluding carboxylic acids is 1. The molecule has 1 aliphatic carbocycles. The van der Waals surface area contributed by atoms with Crippen molar-refractivity contribution in [1.29, 1.82) is 0 Å². The third-order valence-electron chi connectivity index (χ3n) is 3.77. The van der Waals surface area contributed by atoms with Crippen LogP contribution < -0.4 is 11.1 Å². The minimum Gasteiger partial charge on any atom is -0.389 e.